The van der Waals surface area contributed by atoms with Crippen molar-refractivity contribution in [2.45, 2.75) is 39.2 Å². The molecule has 0 bridgehead atoms. The molecule has 0 N–H and O–H groups in total. The van der Waals surface area contributed by atoms with Gasteiger partial charge in [-0.2, -0.15) is 0 Å². The normalized spacial score (nSPS) is 17.5. The summed E-state index contributed by atoms with van der Waals surface area (Å²) in [7, 11) is 0. The Balaban J connectivity index is 2.25. The fourth-order valence-electron chi connectivity index (χ4n) is 2.06. The third-order valence-corrected chi connectivity index (χ3v) is 3.26. The van der Waals surface area contributed by atoms with Crippen LogP contribution in [0.5, 0.6) is 0 Å². The van der Waals surface area contributed by atoms with E-state index in [-0.39, 0.29) is 0 Å². The smallest absolute Gasteiger partial charge is 0.206 e. The molecule has 84 valence electrons. The van der Waals surface area contributed by atoms with Crippen LogP contribution in [0.25, 0.3) is 0 Å². The van der Waals surface area contributed by atoms with Gasteiger partial charge in [-0.15, -0.1) is 0 Å². The first-order valence-corrected chi connectivity index (χ1v) is 6.47. The number of anilines is 1. The van der Waals surface area contributed by atoms with E-state index in [4.69, 9.17) is 0 Å². The molecule has 0 aliphatic carbocycles. The number of halogens is 1. The summed E-state index contributed by atoms with van der Waals surface area (Å²) < 4.78 is 3.19. The fourth-order valence-corrected chi connectivity index (χ4v) is 2.44. The van der Waals surface area contributed by atoms with Crippen molar-refractivity contribution in [1.29, 1.82) is 0 Å². The lowest BCUT2D eigenvalue weighted by atomic mass is 10.1. The van der Waals surface area contributed by atoms with E-state index in [9.17, 15) is 0 Å². The van der Waals surface area contributed by atoms with Crippen molar-refractivity contribution in [2.24, 2.45) is 0 Å². The summed E-state index contributed by atoms with van der Waals surface area (Å²) >= 11 is 3.46. The molecule has 2 rings (SSSR count). The summed E-state index contributed by atoms with van der Waals surface area (Å²) in [4.78, 5) is 6.96. The Morgan fingerprint density at radius 1 is 1.27 bits per heavy atom. The predicted octanol–water partition coefficient (Wildman–Crippen LogP) is 3.22. The van der Waals surface area contributed by atoms with Crippen LogP contribution in [0, 0.1) is 0 Å². The van der Waals surface area contributed by atoms with E-state index in [1.807, 2.05) is 0 Å². The van der Waals surface area contributed by atoms with E-state index in [2.05, 4.69) is 50.4 Å². The highest BCUT2D eigenvalue weighted by Gasteiger charge is 2.18. The molecule has 1 aromatic heterocycles. The maximum Gasteiger partial charge on any atom is 0.206 e. The molecule has 0 atom stereocenters. The van der Waals surface area contributed by atoms with Crippen molar-refractivity contribution < 1.29 is 0 Å². The van der Waals surface area contributed by atoms with Gasteiger partial charge in [0.05, 0.1) is 0 Å². The predicted molar refractivity (Wildman–Crippen MR) is 66.4 cm³/mol. The van der Waals surface area contributed by atoms with E-state index >= 15 is 0 Å². The number of piperidine rings is 1. The van der Waals surface area contributed by atoms with Gasteiger partial charge in [0.25, 0.3) is 0 Å². The highest BCUT2D eigenvalue weighted by atomic mass is 79.9. The third kappa shape index (κ3) is 2.36. The van der Waals surface area contributed by atoms with Crippen LogP contribution in [-0.2, 0) is 0 Å². The molecule has 0 unspecified atom stereocenters. The summed E-state index contributed by atoms with van der Waals surface area (Å²) in [5, 5.41) is 0. The Hall–Kier alpha value is -0.510. The van der Waals surface area contributed by atoms with Gasteiger partial charge < -0.3 is 9.47 Å². The minimum atomic E-state index is 0.473. The van der Waals surface area contributed by atoms with Gasteiger partial charge in [0.2, 0.25) is 5.95 Å². The van der Waals surface area contributed by atoms with E-state index in [0.29, 0.717) is 6.04 Å². The van der Waals surface area contributed by atoms with Crippen LogP contribution in [0.15, 0.2) is 10.8 Å². The van der Waals surface area contributed by atoms with Gasteiger partial charge in [0.1, 0.15) is 4.60 Å². The average Bonchev–Trinajstić information content (AvgIpc) is 2.62. The largest absolute Gasteiger partial charge is 0.342 e. The van der Waals surface area contributed by atoms with E-state index < -0.39 is 0 Å². The summed E-state index contributed by atoms with van der Waals surface area (Å²) in [5.41, 5.74) is 0. The first kappa shape index (κ1) is 11.0. The zero-order valence-electron chi connectivity index (χ0n) is 9.41. The molecule has 0 amide bonds. The van der Waals surface area contributed by atoms with Crippen LogP contribution >= 0.6 is 15.9 Å². The maximum absolute atomic E-state index is 4.56. The molecule has 1 aliphatic rings. The van der Waals surface area contributed by atoms with Crippen LogP contribution in [0.4, 0.5) is 5.95 Å². The van der Waals surface area contributed by atoms with Gasteiger partial charge in [-0.25, -0.2) is 4.98 Å². The van der Waals surface area contributed by atoms with Crippen molar-refractivity contribution in [2.75, 3.05) is 18.0 Å². The van der Waals surface area contributed by atoms with Gasteiger partial charge in [-0.3, -0.25) is 0 Å². The van der Waals surface area contributed by atoms with Crippen molar-refractivity contribution in [3.05, 3.63) is 10.8 Å². The summed E-state index contributed by atoms with van der Waals surface area (Å²) in [6.07, 6.45) is 6.03. The molecular weight excluding hydrogens is 254 g/mol. The molecule has 3 nitrogen and oxygen atoms in total. The Morgan fingerprint density at radius 3 is 2.53 bits per heavy atom. The topological polar surface area (TPSA) is 21.1 Å². The van der Waals surface area contributed by atoms with Gasteiger partial charge in [0.15, 0.2) is 0 Å². The number of imidazole rings is 1. The van der Waals surface area contributed by atoms with Crippen molar-refractivity contribution in [3.63, 3.8) is 0 Å². The zero-order valence-corrected chi connectivity index (χ0v) is 11.0. The molecule has 1 aromatic rings. The lowest BCUT2D eigenvalue weighted by Crippen LogP contribution is -2.32. The van der Waals surface area contributed by atoms with Gasteiger partial charge in [-0.05, 0) is 49.0 Å². The summed E-state index contributed by atoms with van der Waals surface area (Å²) in [6, 6.07) is 0.473. The maximum atomic E-state index is 4.56. The lowest BCUT2D eigenvalue weighted by molar-refractivity contribution is 0.533. The Morgan fingerprint density at radius 2 is 1.93 bits per heavy atom. The number of hydrogen-bond donors (Lipinski definition) is 0. The molecule has 0 spiro atoms. The van der Waals surface area contributed by atoms with Gasteiger partial charge in [0, 0.05) is 25.3 Å². The molecule has 1 saturated heterocycles. The van der Waals surface area contributed by atoms with Gasteiger partial charge in [-0.1, -0.05) is 0 Å². The first-order valence-electron chi connectivity index (χ1n) is 5.68. The third-order valence-electron chi connectivity index (χ3n) is 2.88. The SMILES string of the molecule is CC(C)n1cc(Br)nc1N1CCCCC1. The Bertz CT molecular complexity index is 327. The molecule has 1 fully saturated rings. The Labute approximate surface area is 99.6 Å². The molecular formula is C11H18BrN3. The number of rotatable bonds is 2. The molecule has 15 heavy (non-hydrogen) atoms. The highest BCUT2D eigenvalue weighted by Crippen LogP contribution is 2.24. The summed E-state index contributed by atoms with van der Waals surface area (Å²) in [5.74, 6) is 1.12. The Kier molecular flexibility index (Phi) is 3.34. The number of aromatic nitrogens is 2. The van der Waals surface area contributed by atoms with E-state index in [1.54, 1.807) is 0 Å². The van der Waals surface area contributed by atoms with E-state index in [1.165, 1.54) is 19.3 Å². The van der Waals surface area contributed by atoms with Crippen LogP contribution in [0.1, 0.15) is 39.2 Å². The number of hydrogen-bond acceptors (Lipinski definition) is 2. The van der Waals surface area contributed by atoms with Crippen LogP contribution in [0.2, 0.25) is 0 Å². The van der Waals surface area contributed by atoms with Crippen LogP contribution < -0.4 is 4.90 Å². The van der Waals surface area contributed by atoms with Crippen LogP contribution in [-0.4, -0.2) is 22.6 Å². The van der Waals surface area contributed by atoms with Crippen molar-refractivity contribution >= 4 is 21.9 Å². The minimum Gasteiger partial charge on any atom is -0.342 e. The standard InChI is InChI=1S/C11H18BrN3/c1-9(2)15-8-10(12)13-11(15)14-6-4-3-5-7-14/h8-9H,3-7H2,1-2H3. The highest BCUT2D eigenvalue weighted by molar-refractivity contribution is 9.10. The second-order valence-corrected chi connectivity index (χ2v) is 5.22. The van der Waals surface area contributed by atoms with E-state index in [0.717, 1.165) is 23.6 Å². The molecule has 2 heterocycles. The molecule has 1 aliphatic heterocycles. The van der Waals surface area contributed by atoms with Crippen molar-refractivity contribution in [3.8, 4) is 0 Å². The minimum absolute atomic E-state index is 0.473. The monoisotopic (exact) mass is 271 g/mol. The van der Waals surface area contributed by atoms with Crippen LogP contribution in [0.3, 0.4) is 0 Å². The van der Waals surface area contributed by atoms with Gasteiger partial charge >= 0.3 is 0 Å². The number of nitrogens with zero attached hydrogens (tertiary/aromatic N) is 3. The molecule has 0 saturated carbocycles. The lowest BCUT2D eigenvalue weighted by Gasteiger charge is -2.29. The average molecular weight is 272 g/mol. The first-order chi connectivity index (χ1) is 7.18. The molecule has 0 aromatic carbocycles. The summed E-state index contributed by atoms with van der Waals surface area (Å²) in [6.45, 7) is 6.69. The van der Waals surface area contributed by atoms with Crippen molar-refractivity contribution in [1.82, 2.24) is 9.55 Å². The zero-order chi connectivity index (χ0) is 10.8. The fraction of sp³-hybridized carbons (Fsp3) is 0.727. The quantitative estimate of drug-likeness (QED) is 0.824. The second kappa shape index (κ2) is 4.56. The molecule has 0 radical (unpaired) electrons. The second-order valence-electron chi connectivity index (χ2n) is 4.41. The molecule has 4 heteroatoms.